The van der Waals surface area contributed by atoms with Gasteiger partial charge in [0.25, 0.3) is 0 Å². The van der Waals surface area contributed by atoms with Gasteiger partial charge < -0.3 is 24.3 Å². The van der Waals surface area contributed by atoms with Crippen molar-refractivity contribution in [2.24, 2.45) is 0 Å². The molecule has 6 heteroatoms. The van der Waals surface area contributed by atoms with Gasteiger partial charge in [0.1, 0.15) is 17.6 Å². The highest BCUT2D eigenvalue weighted by Gasteiger charge is 2.41. The number of methoxy groups -OCH3 is 1. The maximum Gasteiger partial charge on any atom is 0.230 e. The van der Waals surface area contributed by atoms with Crippen LogP contribution in [0, 0.1) is 0 Å². The lowest BCUT2D eigenvalue weighted by Crippen LogP contribution is -2.48. The minimum Gasteiger partial charge on any atom is -0.497 e. The summed E-state index contributed by atoms with van der Waals surface area (Å²) >= 11 is 0. The summed E-state index contributed by atoms with van der Waals surface area (Å²) in [6.45, 7) is 1.47. The Morgan fingerprint density at radius 2 is 2.00 bits per heavy atom. The average Bonchev–Trinajstić information content (AvgIpc) is 3.23. The van der Waals surface area contributed by atoms with Crippen LogP contribution in [-0.4, -0.2) is 37.9 Å². The number of aliphatic hydroxyl groups is 1. The highest BCUT2D eigenvalue weighted by molar-refractivity contribution is 5.88. The number of ether oxygens (including phenoxy) is 2. The summed E-state index contributed by atoms with van der Waals surface area (Å²) in [7, 11) is 1.62. The number of furan rings is 1. The average molecular weight is 359 g/mol. The lowest BCUT2D eigenvalue weighted by Gasteiger charge is -2.36. The Bertz CT molecular complexity index is 690. The molecule has 26 heavy (non-hydrogen) atoms. The zero-order valence-corrected chi connectivity index (χ0v) is 14.9. The van der Waals surface area contributed by atoms with Crippen LogP contribution in [0.25, 0.3) is 0 Å². The number of carbonyl (C=O) groups excluding carboxylic acids is 1. The van der Waals surface area contributed by atoms with Crippen molar-refractivity contribution in [1.82, 2.24) is 5.32 Å². The van der Waals surface area contributed by atoms with Gasteiger partial charge in [-0.2, -0.15) is 0 Å². The van der Waals surface area contributed by atoms with Crippen LogP contribution >= 0.6 is 0 Å². The zero-order chi connectivity index (χ0) is 18.4. The largest absolute Gasteiger partial charge is 0.497 e. The Hall–Kier alpha value is -2.31. The predicted octanol–water partition coefficient (Wildman–Crippen LogP) is 2.58. The molecular formula is C20H25NO5. The number of benzene rings is 1. The Balaban J connectivity index is 1.67. The van der Waals surface area contributed by atoms with Crippen LogP contribution in [0.3, 0.4) is 0 Å². The van der Waals surface area contributed by atoms with Crippen LogP contribution in [0.5, 0.6) is 5.75 Å². The van der Waals surface area contributed by atoms with Crippen LogP contribution < -0.4 is 10.1 Å². The Morgan fingerprint density at radius 1 is 1.27 bits per heavy atom. The number of nitrogens with one attached hydrogen (secondary N) is 1. The van der Waals surface area contributed by atoms with E-state index in [4.69, 9.17) is 13.9 Å². The molecule has 1 aliphatic rings. The molecule has 1 amide bonds. The van der Waals surface area contributed by atoms with Crippen LogP contribution in [-0.2, 0) is 14.9 Å². The zero-order valence-electron chi connectivity index (χ0n) is 14.9. The molecule has 1 aliphatic heterocycles. The fraction of sp³-hybridized carbons (Fsp3) is 0.450. The van der Waals surface area contributed by atoms with E-state index in [1.165, 1.54) is 6.26 Å². The molecule has 3 rings (SSSR count). The van der Waals surface area contributed by atoms with Crippen molar-refractivity contribution in [3.63, 3.8) is 0 Å². The van der Waals surface area contributed by atoms with Gasteiger partial charge in [-0.05, 0) is 49.1 Å². The van der Waals surface area contributed by atoms with Gasteiger partial charge in [0.2, 0.25) is 5.91 Å². The third kappa shape index (κ3) is 3.92. The lowest BCUT2D eigenvalue weighted by molar-refractivity contribution is -0.130. The summed E-state index contributed by atoms with van der Waals surface area (Å²) in [5.41, 5.74) is 0.353. The molecule has 2 heterocycles. The van der Waals surface area contributed by atoms with Crippen molar-refractivity contribution >= 4 is 5.91 Å². The molecule has 0 radical (unpaired) electrons. The quantitative estimate of drug-likeness (QED) is 0.794. The highest BCUT2D eigenvalue weighted by Crippen LogP contribution is 2.36. The number of rotatable bonds is 7. The Morgan fingerprint density at radius 3 is 2.62 bits per heavy atom. The first-order chi connectivity index (χ1) is 12.7. The number of carbonyl (C=O) groups is 1. The second kappa shape index (κ2) is 8.38. The van der Waals surface area contributed by atoms with E-state index in [0.717, 1.165) is 11.3 Å². The van der Waals surface area contributed by atoms with E-state index >= 15 is 0 Å². The molecule has 1 aromatic carbocycles. The van der Waals surface area contributed by atoms with Gasteiger partial charge in [-0.3, -0.25) is 4.79 Å². The normalized spacial score (nSPS) is 17.5. The molecule has 0 saturated carbocycles. The van der Waals surface area contributed by atoms with Gasteiger partial charge in [-0.25, -0.2) is 0 Å². The second-order valence-electron chi connectivity index (χ2n) is 6.50. The van der Waals surface area contributed by atoms with Crippen LogP contribution in [0.1, 0.15) is 36.7 Å². The maximum absolute atomic E-state index is 13.0. The third-order valence-electron chi connectivity index (χ3n) is 5.00. The first-order valence-corrected chi connectivity index (χ1v) is 8.88. The molecule has 2 aromatic rings. The van der Waals surface area contributed by atoms with Crippen LogP contribution in [0.15, 0.2) is 47.1 Å². The van der Waals surface area contributed by atoms with Crippen molar-refractivity contribution in [1.29, 1.82) is 0 Å². The van der Waals surface area contributed by atoms with E-state index in [0.29, 0.717) is 44.8 Å². The lowest BCUT2D eigenvalue weighted by atomic mass is 9.73. The number of hydrogen-bond acceptors (Lipinski definition) is 5. The second-order valence-corrected chi connectivity index (χ2v) is 6.50. The molecule has 1 fully saturated rings. The summed E-state index contributed by atoms with van der Waals surface area (Å²) in [4.78, 5) is 13.0. The molecule has 0 aliphatic carbocycles. The summed E-state index contributed by atoms with van der Waals surface area (Å²) < 4.78 is 15.9. The van der Waals surface area contributed by atoms with E-state index in [-0.39, 0.29) is 5.91 Å². The Kier molecular flexibility index (Phi) is 5.96. The van der Waals surface area contributed by atoms with Crippen LogP contribution in [0.2, 0.25) is 0 Å². The van der Waals surface area contributed by atoms with Gasteiger partial charge in [0, 0.05) is 19.8 Å². The van der Waals surface area contributed by atoms with E-state index in [1.807, 2.05) is 24.3 Å². The first kappa shape index (κ1) is 18.5. The van der Waals surface area contributed by atoms with Gasteiger partial charge in [0.05, 0.1) is 18.8 Å². The van der Waals surface area contributed by atoms with E-state index in [9.17, 15) is 9.90 Å². The fourth-order valence-electron chi connectivity index (χ4n) is 3.39. The molecule has 2 N–H and O–H groups in total. The molecule has 1 aromatic heterocycles. The SMILES string of the molecule is COc1ccc(C2(C(=O)NCCC(O)c3ccco3)CCOCC2)cc1. The van der Waals surface area contributed by atoms with E-state index < -0.39 is 11.5 Å². The first-order valence-electron chi connectivity index (χ1n) is 8.88. The minimum absolute atomic E-state index is 0.0300. The Labute approximate surface area is 153 Å². The summed E-state index contributed by atoms with van der Waals surface area (Å²) in [6, 6.07) is 11.1. The summed E-state index contributed by atoms with van der Waals surface area (Å²) in [6.07, 6.45) is 2.46. The summed E-state index contributed by atoms with van der Waals surface area (Å²) in [5, 5.41) is 13.1. The van der Waals surface area contributed by atoms with Crippen molar-refractivity contribution in [2.45, 2.75) is 30.8 Å². The van der Waals surface area contributed by atoms with E-state index in [2.05, 4.69) is 5.32 Å². The van der Waals surface area contributed by atoms with Gasteiger partial charge in [-0.15, -0.1) is 0 Å². The van der Waals surface area contributed by atoms with Crippen molar-refractivity contribution in [3.8, 4) is 5.75 Å². The van der Waals surface area contributed by atoms with Gasteiger partial charge in [0.15, 0.2) is 0 Å². The highest BCUT2D eigenvalue weighted by atomic mass is 16.5. The fourth-order valence-corrected chi connectivity index (χ4v) is 3.39. The smallest absolute Gasteiger partial charge is 0.230 e. The molecule has 6 nitrogen and oxygen atoms in total. The molecular weight excluding hydrogens is 334 g/mol. The predicted molar refractivity (Wildman–Crippen MR) is 96.0 cm³/mol. The van der Waals surface area contributed by atoms with Crippen molar-refractivity contribution in [3.05, 3.63) is 54.0 Å². The van der Waals surface area contributed by atoms with Crippen molar-refractivity contribution in [2.75, 3.05) is 26.9 Å². The summed E-state index contributed by atoms with van der Waals surface area (Å²) in [5.74, 6) is 1.24. The van der Waals surface area contributed by atoms with Crippen LogP contribution in [0.4, 0.5) is 0 Å². The molecule has 0 spiro atoms. The van der Waals surface area contributed by atoms with Crippen molar-refractivity contribution < 1.29 is 23.8 Å². The molecule has 140 valence electrons. The molecule has 1 atom stereocenters. The number of amides is 1. The van der Waals surface area contributed by atoms with Gasteiger partial charge in [-0.1, -0.05) is 12.1 Å². The third-order valence-corrected chi connectivity index (χ3v) is 5.00. The molecule has 1 unspecified atom stereocenters. The van der Waals surface area contributed by atoms with E-state index in [1.54, 1.807) is 19.2 Å². The minimum atomic E-state index is -0.725. The molecule has 0 bridgehead atoms. The standard InChI is InChI=1S/C20H25NO5/c1-24-16-6-4-15(5-7-16)20(9-13-25-14-10-20)19(23)21-11-8-17(22)18-3-2-12-26-18/h2-7,12,17,22H,8-11,13-14H2,1H3,(H,21,23). The van der Waals surface area contributed by atoms with Gasteiger partial charge >= 0.3 is 0 Å². The maximum atomic E-state index is 13.0. The number of hydrogen-bond donors (Lipinski definition) is 2. The molecule has 1 saturated heterocycles. The number of aliphatic hydroxyl groups excluding tert-OH is 1. The monoisotopic (exact) mass is 359 g/mol. The topological polar surface area (TPSA) is 80.9 Å².